The molecule has 7 nitrogen and oxygen atoms in total. The minimum absolute atomic E-state index is 0. The van der Waals surface area contributed by atoms with Crippen LogP contribution < -0.4 is 10.6 Å². The van der Waals surface area contributed by atoms with Crippen LogP contribution >= 0.6 is 24.0 Å². The van der Waals surface area contributed by atoms with E-state index in [1.165, 1.54) is 4.31 Å². The Kier molecular flexibility index (Phi) is 13.4. The smallest absolute Gasteiger partial charge is 0.213 e. The van der Waals surface area contributed by atoms with Crippen molar-refractivity contribution in [2.24, 2.45) is 4.99 Å². The lowest BCUT2D eigenvalue weighted by molar-refractivity contribution is 0.0310. The largest absolute Gasteiger partial charge is 0.377 e. The van der Waals surface area contributed by atoms with E-state index in [0.29, 0.717) is 32.0 Å². The lowest BCUT2D eigenvalue weighted by Crippen LogP contribution is -2.40. The first-order valence-electron chi connectivity index (χ1n) is 7.70. The van der Waals surface area contributed by atoms with Crippen LogP contribution in [0.25, 0.3) is 0 Å². The molecule has 0 atom stereocenters. The van der Waals surface area contributed by atoms with E-state index < -0.39 is 10.0 Å². The molecule has 23 heavy (non-hydrogen) atoms. The highest BCUT2D eigenvalue weighted by Crippen LogP contribution is 2.06. The zero-order chi connectivity index (χ0) is 17.2. The number of hydrogen-bond acceptors (Lipinski definition) is 4. The SMILES string of the molecule is CCNC(=NCC(C)(C)OC)NCCCN(C)S(=O)(=O)CC.I. The third kappa shape index (κ3) is 11.1. The first kappa shape index (κ1) is 25.1. The molecule has 0 spiro atoms. The minimum Gasteiger partial charge on any atom is -0.377 e. The van der Waals surface area contributed by atoms with Crippen molar-refractivity contribution in [2.45, 2.75) is 39.7 Å². The van der Waals surface area contributed by atoms with E-state index in [0.717, 1.165) is 6.54 Å². The molecule has 0 unspecified atom stereocenters. The molecule has 0 aliphatic heterocycles. The first-order valence-corrected chi connectivity index (χ1v) is 9.30. The number of nitrogens with zero attached hydrogens (tertiary/aromatic N) is 2. The molecule has 0 bridgehead atoms. The number of sulfonamides is 1. The summed E-state index contributed by atoms with van der Waals surface area (Å²) in [6, 6.07) is 0. The number of hydrogen-bond donors (Lipinski definition) is 2. The molecule has 0 aromatic carbocycles. The molecule has 0 saturated carbocycles. The molecule has 0 aliphatic carbocycles. The van der Waals surface area contributed by atoms with Gasteiger partial charge in [0.25, 0.3) is 0 Å². The van der Waals surface area contributed by atoms with Gasteiger partial charge in [-0.05, 0) is 34.1 Å². The highest BCUT2D eigenvalue weighted by molar-refractivity contribution is 14.0. The third-order valence-electron chi connectivity index (χ3n) is 3.30. The third-order valence-corrected chi connectivity index (χ3v) is 5.16. The van der Waals surface area contributed by atoms with Gasteiger partial charge in [-0.25, -0.2) is 12.7 Å². The Hall–Kier alpha value is -0.130. The van der Waals surface area contributed by atoms with Crippen LogP contribution in [0.2, 0.25) is 0 Å². The van der Waals surface area contributed by atoms with Gasteiger partial charge in [0.05, 0.1) is 17.9 Å². The average Bonchev–Trinajstić information content (AvgIpc) is 2.48. The molecule has 0 aromatic heterocycles. The van der Waals surface area contributed by atoms with Gasteiger partial charge in [-0.1, -0.05) is 0 Å². The molecule has 0 radical (unpaired) electrons. The Bertz CT molecular complexity index is 441. The molecule has 2 N–H and O–H groups in total. The van der Waals surface area contributed by atoms with Crippen LogP contribution in [0.3, 0.4) is 0 Å². The van der Waals surface area contributed by atoms with Crippen LogP contribution in [-0.2, 0) is 14.8 Å². The summed E-state index contributed by atoms with van der Waals surface area (Å²) in [7, 11) is 0.178. The molecule has 0 rings (SSSR count). The predicted octanol–water partition coefficient (Wildman–Crippen LogP) is 1.26. The summed E-state index contributed by atoms with van der Waals surface area (Å²) < 4.78 is 30.0. The second-order valence-electron chi connectivity index (χ2n) is 5.66. The van der Waals surface area contributed by atoms with Crippen LogP contribution in [0.5, 0.6) is 0 Å². The second-order valence-corrected chi connectivity index (χ2v) is 8.03. The van der Waals surface area contributed by atoms with Crippen LogP contribution in [0, 0.1) is 0 Å². The number of guanidine groups is 1. The van der Waals surface area contributed by atoms with Gasteiger partial charge in [0, 0.05) is 33.8 Å². The lowest BCUT2D eigenvalue weighted by atomic mass is 10.1. The molecule has 0 aromatic rings. The zero-order valence-corrected chi connectivity index (χ0v) is 18.3. The highest BCUT2D eigenvalue weighted by atomic mass is 127. The van der Waals surface area contributed by atoms with Crippen LogP contribution in [-0.4, -0.2) is 70.4 Å². The Balaban J connectivity index is 0. The van der Waals surface area contributed by atoms with Gasteiger partial charge in [0.1, 0.15) is 0 Å². The molecular formula is C14H33IN4O3S. The van der Waals surface area contributed by atoms with Gasteiger partial charge in [0.15, 0.2) is 5.96 Å². The fourth-order valence-corrected chi connectivity index (χ4v) is 2.39. The van der Waals surface area contributed by atoms with Crippen molar-refractivity contribution in [2.75, 3.05) is 46.1 Å². The summed E-state index contributed by atoms with van der Waals surface area (Å²) in [4.78, 5) is 4.48. The highest BCUT2D eigenvalue weighted by Gasteiger charge is 2.16. The van der Waals surface area contributed by atoms with Crippen molar-refractivity contribution in [3.63, 3.8) is 0 Å². The second kappa shape index (κ2) is 12.3. The maximum Gasteiger partial charge on any atom is 0.213 e. The van der Waals surface area contributed by atoms with Crippen molar-refractivity contribution in [1.29, 1.82) is 0 Å². The normalized spacial score (nSPS) is 12.9. The van der Waals surface area contributed by atoms with Gasteiger partial charge in [0.2, 0.25) is 10.0 Å². The Labute approximate surface area is 158 Å². The molecule has 140 valence electrons. The fourth-order valence-electron chi connectivity index (χ4n) is 1.54. The van der Waals surface area contributed by atoms with Crippen LogP contribution in [0.15, 0.2) is 4.99 Å². The van der Waals surface area contributed by atoms with E-state index in [1.54, 1.807) is 21.1 Å². The van der Waals surface area contributed by atoms with Crippen molar-refractivity contribution in [3.8, 4) is 0 Å². The molecule has 0 fully saturated rings. The average molecular weight is 464 g/mol. The summed E-state index contributed by atoms with van der Waals surface area (Å²) in [5.41, 5.74) is -0.308. The number of rotatable bonds is 10. The lowest BCUT2D eigenvalue weighted by Gasteiger charge is -2.21. The molecule has 0 saturated heterocycles. The zero-order valence-electron chi connectivity index (χ0n) is 15.2. The van der Waals surface area contributed by atoms with Crippen molar-refractivity contribution >= 4 is 40.0 Å². The maximum atomic E-state index is 11.6. The van der Waals surface area contributed by atoms with E-state index >= 15 is 0 Å². The number of methoxy groups -OCH3 is 1. The Morgan fingerprint density at radius 1 is 1.26 bits per heavy atom. The van der Waals surface area contributed by atoms with Crippen molar-refractivity contribution < 1.29 is 13.2 Å². The van der Waals surface area contributed by atoms with Gasteiger partial charge in [-0.3, -0.25) is 4.99 Å². The first-order chi connectivity index (χ1) is 10.2. The van der Waals surface area contributed by atoms with Crippen molar-refractivity contribution in [3.05, 3.63) is 0 Å². The number of nitrogens with one attached hydrogen (secondary N) is 2. The Morgan fingerprint density at radius 3 is 2.35 bits per heavy atom. The quantitative estimate of drug-likeness (QED) is 0.220. The van der Waals surface area contributed by atoms with E-state index in [4.69, 9.17) is 4.74 Å². The summed E-state index contributed by atoms with van der Waals surface area (Å²) >= 11 is 0. The topological polar surface area (TPSA) is 83.0 Å². The predicted molar refractivity (Wildman–Crippen MR) is 107 cm³/mol. The van der Waals surface area contributed by atoms with E-state index in [1.807, 2.05) is 20.8 Å². The molecule has 9 heteroatoms. The summed E-state index contributed by atoms with van der Waals surface area (Å²) in [5.74, 6) is 0.848. The monoisotopic (exact) mass is 464 g/mol. The standard InChI is InChI=1S/C14H32N4O3S.HI/c1-7-15-13(17-12-14(3,4)21-6)16-10-9-11-18(5)22(19,20)8-2;/h7-12H2,1-6H3,(H2,15,16,17);1H. The summed E-state index contributed by atoms with van der Waals surface area (Å²) in [6.07, 6.45) is 0.716. The number of aliphatic imine (C=N–C) groups is 1. The number of ether oxygens (including phenoxy) is 1. The molecule has 0 amide bonds. The summed E-state index contributed by atoms with van der Waals surface area (Å²) in [6.45, 7) is 10.1. The van der Waals surface area contributed by atoms with Crippen LogP contribution in [0.1, 0.15) is 34.1 Å². The van der Waals surface area contributed by atoms with E-state index in [2.05, 4.69) is 15.6 Å². The molecule has 0 heterocycles. The van der Waals surface area contributed by atoms with E-state index in [-0.39, 0.29) is 35.3 Å². The molecular weight excluding hydrogens is 431 g/mol. The minimum atomic E-state index is -3.10. The maximum absolute atomic E-state index is 11.6. The van der Waals surface area contributed by atoms with E-state index in [9.17, 15) is 8.42 Å². The van der Waals surface area contributed by atoms with Gasteiger partial charge >= 0.3 is 0 Å². The van der Waals surface area contributed by atoms with Gasteiger partial charge in [-0.15, -0.1) is 24.0 Å². The van der Waals surface area contributed by atoms with Crippen LogP contribution in [0.4, 0.5) is 0 Å². The summed E-state index contributed by atoms with van der Waals surface area (Å²) in [5, 5.41) is 6.36. The fraction of sp³-hybridized carbons (Fsp3) is 0.929. The number of halogens is 1. The van der Waals surface area contributed by atoms with Gasteiger partial charge < -0.3 is 15.4 Å². The molecule has 0 aliphatic rings. The van der Waals surface area contributed by atoms with Gasteiger partial charge in [-0.2, -0.15) is 0 Å². The Morgan fingerprint density at radius 2 is 1.87 bits per heavy atom. The van der Waals surface area contributed by atoms with Crippen molar-refractivity contribution in [1.82, 2.24) is 14.9 Å².